The van der Waals surface area contributed by atoms with Gasteiger partial charge in [-0.1, -0.05) is 0 Å². The van der Waals surface area contributed by atoms with Crippen molar-refractivity contribution in [2.45, 2.75) is 10.3 Å². The van der Waals surface area contributed by atoms with Gasteiger partial charge in [-0.3, -0.25) is 5.73 Å². The minimum absolute atomic E-state index is 0.333. The summed E-state index contributed by atoms with van der Waals surface area (Å²) in [5.41, 5.74) is 5.19. The third-order valence-electron chi connectivity index (χ3n) is 0.699. The van der Waals surface area contributed by atoms with Gasteiger partial charge in [-0.15, -0.1) is 0 Å². The second kappa shape index (κ2) is 2.06. The van der Waals surface area contributed by atoms with Gasteiger partial charge in [0.2, 0.25) is 10.3 Å². The summed E-state index contributed by atoms with van der Waals surface area (Å²) in [5, 5.41) is 0. The Morgan fingerprint density at radius 3 is 2.38 bits per heavy atom. The predicted molar refractivity (Wildman–Crippen MR) is 33.3 cm³/mol. The molecule has 8 heavy (non-hydrogen) atoms. The highest BCUT2D eigenvalue weighted by molar-refractivity contribution is 14.1. The van der Waals surface area contributed by atoms with Gasteiger partial charge in [0.1, 0.15) is 0 Å². The first kappa shape index (κ1) is 6.09. The number of hydrogen-bond acceptors (Lipinski definition) is 4. The predicted octanol–water partition coefficient (Wildman–Crippen LogP) is 0.199. The molecule has 1 fully saturated rings. The maximum absolute atomic E-state index is 10.1. The summed E-state index contributed by atoms with van der Waals surface area (Å²) in [4.78, 5) is 10.1. The van der Waals surface area contributed by atoms with E-state index >= 15 is 0 Å². The molecule has 0 amide bonds. The monoisotopic (exact) mass is 229 g/mol. The molecule has 5 heteroatoms. The number of carbonyl (C=O) groups is 1. The van der Waals surface area contributed by atoms with Crippen LogP contribution < -0.4 is 5.73 Å². The Bertz CT molecular complexity index is 105. The fraction of sp³-hybridized carbons (Fsp3) is 0.667. The molecule has 0 radical (unpaired) electrons. The fourth-order valence-electron chi connectivity index (χ4n) is 0.351. The van der Waals surface area contributed by atoms with Gasteiger partial charge >= 0.3 is 6.16 Å². The van der Waals surface area contributed by atoms with Crippen molar-refractivity contribution in [2.24, 2.45) is 5.73 Å². The van der Waals surface area contributed by atoms with E-state index in [1.165, 1.54) is 0 Å². The molecule has 2 atom stereocenters. The van der Waals surface area contributed by atoms with E-state index in [2.05, 4.69) is 9.47 Å². The van der Waals surface area contributed by atoms with Crippen LogP contribution in [-0.4, -0.2) is 16.5 Å². The average Bonchev–Trinajstić information content (AvgIpc) is 1.85. The molecule has 0 saturated carbocycles. The highest BCUT2D eigenvalue weighted by Crippen LogP contribution is 2.16. The van der Waals surface area contributed by atoms with Crippen molar-refractivity contribution in [3.8, 4) is 0 Å². The number of alkyl halides is 1. The summed E-state index contributed by atoms with van der Waals surface area (Å²) in [7, 11) is 0. The molecule has 1 rings (SSSR count). The minimum Gasteiger partial charge on any atom is -0.415 e. The molecule has 0 aromatic heterocycles. The number of ether oxygens (including phenoxy) is 2. The van der Waals surface area contributed by atoms with E-state index in [1.807, 2.05) is 22.6 Å². The van der Waals surface area contributed by atoms with Gasteiger partial charge < -0.3 is 9.47 Å². The number of cyclic esters (lactones) is 2. The molecule has 0 aromatic rings. The third kappa shape index (κ3) is 1.03. The van der Waals surface area contributed by atoms with E-state index < -0.39 is 12.4 Å². The fourth-order valence-corrected chi connectivity index (χ4v) is 0.706. The van der Waals surface area contributed by atoms with Crippen LogP contribution in [0.5, 0.6) is 0 Å². The first-order valence-electron chi connectivity index (χ1n) is 1.97. The van der Waals surface area contributed by atoms with Crippen molar-refractivity contribution in [1.82, 2.24) is 0 Å². The van der Waals surface area contributed by atoms with E-state index in [0.717, 1.165) is 0 Å². The van der Waals surface area contributed by atoms with Crippen LogP contribution in [0.2, 0.25) is 0 Å². The molecule has 1 aliphatic rings. The highest BCUT2D eigenvalue weighted by Gasteiger charge is 2.30. The van der Waals surface area contributed by atoms with Gasteiger partial charge in [-0.2, -0.15) is 0 Å². The Balaban J connectivity index is 2.51. The van der Waals surface area contributed by atoms with Crippen LogP contribution in [-0.2, 0) is 9.47 Å². The number of nitrogens with two attached hydrogens (primary N) is 1. The lowest BCUT2D eigenvalue weighted by Gasteiger charge is -1.98. The number of hydrogen-bond donors (Lipinski definition) is 1. The van der Waals surface area contributed by atoms with Crippen LogP contribution in [0, 0.1) is 0 Å². The van der Waals surface area contributed by atoms with Crippen molar-refractivity contribution in [3.05, 3.63) is 0 Å². The zero-order valence-corrected chi connectivity index (χ0v) is 5.99. The summed E-state index contributed by atoms with van der Waals surface area (Å²) in [6.45, 7) is 0. The number of rotatable bonds is 0. The Kier molecular flexibility index (Phi) is 1.57. The van der Waals surface area contributed by atoms with Crippen LogP contribution >= 0.6 is 22.6 Å². The first-order chi connectivity index (χ1) is 3.70. The lowest BCUT2D eigenvalue weighted by Crippen LogP contribution is -2.26. The molecule has 0 aliphatic carbocycles. The van der Waals surface area contributed by atoms with Gasteiger partial charge in [0.05, 0.1) is 0 Å². The minimum atomic E-state index is -0.683. The van der Waals surface area contributed by atoms with Crippen LogP contribution in [0.1, 0.15) is 0 Å². The standard InChI is InChI=1S/C3H4INO3/c4-1-2(5)8-3(6)7-1/h1-2H,5H2. The molecule has 1 heterocycles. The molecular formula is C3H4INO3. The van der Waals surface area contributed by atoms with Gasteiger partial charge in [0, 0.05) is 0 Å². The topological polar surface area (TPSA) is 61.5 Å². The van der Waals surface area contributed by atoms with Crippen LogP contribution in [0.15, 0.2) is 0 Å². The molecule has 0 bridgehead atoms. The maximum atomic E-state index is 10.1. The van der Waals surface area contributed by atoms with Gasteiger partial charge in [-0.05, 0) is 22.6 Å². The van der Waals surface area contributed by atoms with Crippen molar-refractivity contribution in [2.75, 3.05) is 0 Å². The largest absolute Gasteiger partial charge is 0.511 e. The zero-order chi connectivity index (χ0) is 6.15. The Morgan fingerprint density at radius 2 is 2.25 bits per heavy atom. The van der Waals surface area contributed by atoms with E-state index in [4.69, 9.17) is 5.73 Å². The Morgan fingerprint density at radius 1 is 1.62 bits per heavy atom. The second-order valence-corrected chi connectivity index (χ2v) is 2.53. The van der Waals surface area contributed by atoms with Crippen LogP contribution in [0.4, 0.5) is 4.79 Å². The summed E-state index contributed by atoms with van der Waals surface area (Å²) >= 11 is 1.88. The lowest BCUT2D eigenvalue weighted by atomic mass is 10.7. The SMILES string of the molecule is NC1OC(=O)OC1I. The maximum Gasteiger partial charge on any atom is 0.511 e. The smallest absolute Gasteiger partial charge is 0.415 e. The molecule has 4 nitrogen and oxygen atoms in total. The molecule has 0 spiro atoms. The molecule has 1 saturated heterocycles. The highest BCUT2D eigenvalue weighted by atomic mass is 127. The van der Waals surface area contributed by atoms with E-state index in [9.17, 15) is 4.79 Å². The molecule has 2 N–H and O–H groups in total. The van der Waals surface area contributed by atoms with E-state index in [1.54, 1.807) is 0 Å². The van der Waals surface area contributed by atoms with Crippen molar-refractivity contribution in [3.63, 3.8) is 0 Å². The normalized spacial score (nSPS) is 36.5. The Hall–Kier alpha value is -0.0400. The molecule has 0 aromatic carbocycles. The summed E-state index contributed by atoms with van der Waals surface area (Å²) < 4.78 is 8.52. The third-order valence-corrected chi connectivity index (χ3v) is 1.66. The second-order valence-electron chi connectivity index (χ2n) is 1.30. The van der Waals surface area contributed by atoms with E-state index in [0.29, 0.717) is 0 Å². The zero-order valence-electron chi connectivity index (χ0n) is 3.83. The van der Waals surface area contributed by atoms with Crippen molar-refractivity contribution < 1.29 is 14.3 Å². The lowest BCUT2D eigenvalue weighted by molar-refractivity contribution is 0.119. The number of halogens is 1. The van der Waals surface area contributed by atoms with Crippen LogP contribution in [0.25, 0.3) is 0 Å². The molecular weight excluding hydrogens is 225 g/mol. The average molecular weight is 229 g/mol. The first-order valence-corrected chi connectivity index (χ1v) is 3.21. The van der Waals surface area contributed by atoms with E-state index in [-0.39, 0.29) is 4.11 Å². The summed E-state index contributed by atoms with van der Waals surface area (Å²) in [6, 6.07) is 0. The van der Waals surface area contributed by atoms with Gasteiger partial charge in [0.25, 0.3) is 0 Å². The molecule has 2 unspecified atom stereocenters. The summed E-state index contributed by atoms with van der Waals surface area (Å²) in [5.74, 6) is 0. The molecule has 46 valence electrons. The van der Waals surface area contributed by atoms with Crippen LogP contribution in [0.3, 0.4) is 0 Å². The summed E-state index contributed by atoms with van der Waals surface area (Å²) in [6.07, 6.45) is -1.28. The van der Waals surface area contributed by atoms with Gasteiger partial charge in [0.15, 0.2) is 0 Å². The van der Waals surface area contributed by atoms with Gasteiger partial charge in [-0.25, -0.2) is 4.79 Å². The molecule has 1 aliphatic heterocycles. The Labute approximate surface area is 59.5 Å². The van der Waals surface area contributed by atoms with Crippen molar-refractivity contribution >= 4 is 28.7 Å². The number of carbonyl (C=O) groups excluding carboxylic acids is 1. The van der Waals surface area contributed by atoms with Crippen molar-refractivity contribution in [1.29, 1.82) is 0 Å². The quantitative estimate of drug-likeness (QED) is 0.366.